The molecule has 26 heavy (non-hydrogen) atoms. The third-order valence-corrected chi connectivity index (χ3v) is 5.60. The van der Waals surface area contributed by atoms with Crippen LogP contribution in [-0.2, 0) is 14.8 Å². The molecule has 140 valence electrons. The minimum absolute atomic E-state index is 0.0241. The van der Waals surface area contributed by atoms with Crippen molar-refractivity contribution in [1.82, 2.24) is 0 Å². The average molecular weight is 375 g/mol. The average Bonchev–Trinajstić information content (AvgIpc) is 2.63. The van der Waals surface area contributed by atoms with Crippen LogP contribution in [-0.4, -0.2) is 14.3 Å². The largest absolute Gasteiger partial charge is 0.326 e. The van der Waals surface area contributed by atoms with E-state index in [4.69, 9.17) is 0 Å². The van der Waals surface area contributed by atoms with Gasteiger partial charge in [-0.1, -0.05) is 51.0 Å². The van der Waals surface area contributed by atoms with E-state index in [1.165, 1.54) is 12.1 Å². The first-order valence-corrected chi connectivity index (χ1v) is 10.4. The van der Waals surface area contributed by atoms with E-state index in [1.807, 2.05) is 6.92 Å². The Morgan fingerprint density at radius 1 is 1.00 bits per heavy atom. The number of amides is 1. The van der Waals surface area contributed by atoms with E-state index < -0.39 is 10.0 Å². The summed E-state index contributed by atoms with van der Waals surface area (Å²) in [7, 11) is -3.65. The van der Waals surface area contributed by atoms with Crippen LogP contribution in [0, 0.1) is 5.92 Å². The molecule has 5 nitrogen and oxygen atoms in total. The van der Waals surface area contributed by atoms with Gasteiger partial charge in [0.05, 0.1) is 10.6 Å². The van der Waals surface area contributed by atoms with Gasteiger partial charge in [-0.15, -0.1) is 0 Å². The lowest BCUT2D eigenvalue weighted by Gasteiger charge is -2.15. The zero-order chi connectivity index (χ0) is 19.0. The van der Waals surface area contributed by atoms with Crippen LogP contribution in [0.2, 0.25) is 0 Å². The summed E-state index contributed by atoms with van der Waals surface area (Å²) in [4.78, 5) is 12.6. The highest BCUT2D eigenvalue weighted by atomic mass is 32.2. The molecule has 1 atom stereocenters. The second-order valence-electron chi connectivity index (χ2n) is 6.24. The van der Waals surface area contributed by atoms with Crippen LogP contribution in [0.4, 0.5) is 11.4 Å². The van der Waals surface area contributed by atoms with E-state index in [-0.39, 0.29) is 16.7 Å². The molecule has 0 saturated carbocycles. The summed E-state index contributed by atoms with van der Waals surface area (Å²) in [5, 5.41) is 2.89. The molecule has 1 amide bonds. The third kappa shape index (κ3) is 5.59. The molecule has 0 saturated heterocycles. The van der Waals surface area contributed by atoms with Gasteiger partial charge in [-0.05, 0) is 43.2 Å². The lowest BCUT2D eigenvalue weighted by atomic mass is 9.98. The number of carbonyl (C=O) groups is 1. The first kappa shape index (κ1) is 20.0. The Balaban J connectivity index is 2.09. The van der Waals surface area contributed by atoms with Crippen molar-refractivity contribution in [3.63, 3.8) is 0 Å². The number of rotatable bonds is 9. The van der Waals surface area contributed by atoms with Crippen molar-refractivity contribution in [1.29, 1.82) is 0 Å². The fourth-order valence-corrected chi connectivity index (χ4v) is 3.76. The molecule has 1 unspecified atom stereocenters. The predicted octanol–water partition coefficient (Wildman–Crippen LogP) is 4.64. The molecule has 0 radical (unpaired) electrons. The van der Waals surface area contributed by atoms with Gasteiger partial charge in [0.1, 0.15) is 0 Å². The maximum Gasteiger partial charge on any atom is 0.261 e. The molecule has 0 aliphatic rings. The monoisotopic (exact) mass is 374 g/mol. The second kappa shape index (κ2) is 9.38. The zero-order valence-corrected chi connectivity index (χ0v) is 16.1. The van der Waals surface area contributed by atoms with Crippen molar-refractivity contribution in [2.75, 3.05) is 10.0 Å². The highest BCUT2D eigenvalue weighted by Gasteiger charge is 2.17. The van der Waals surface area contributed by atoms with E-state index >= 15 is 0 Å². The van der Waals surface area contributed by atoms with Gasteiger partial charge in [0.25, 0.3) is 10.0 Å². The van der Waals surface area contributed by atoms with E-state index in [9.17, 15) is 13.2 Å². The summed E-state index contributed by atoms with van der Waals surface area (Å²) in [6.45, 7) is 4.11. The Kier molecular flexibility index (Phi) is 7.21. The van der Waals surface area contributed by atoms with Gasteiger partial charge in [-0.25, -0.2) is 8.42 Å². The van der Waals surface area contributed by atoms with Crippen molar-refractivity contribution in [3.05, 3.63) is 54.6 Å². The van der Waals surface area contributed by atoms with Crippen LogP contribution in [0.3, 0.4) is 0 Å². The summed E-state index contributed by atoms with van der Waals surface area (Å²) in [6, 6.07) is 14.9. The predicted molar refractivity (Wildman–Crippen MR) is 106 cm³/mol. The molecular weight excluding hydrogens is 348 g/mol. The number of sulfonamides is 1. The molecule has 2 rings (SSSR count). The molecule has 0 aliphatic heterocycles. The second-order valence-corrected chi connectivity index (χ2v) is 7.92. The smallest absolute Gasteiger partial charge is 0.261 e. The van der Waals surface area contributed by atoms with Crippen molar-refractivity contribution < 1.29 is 13.2 Å². The molecule has 0 aromatic heterocycles. The molecule has 0 aliphatic carbocycles. The molecule has 2 aromatic carbocycles. The number of nitrogens with one attached hydrogen (secondary N) is 2. The number of unbranched alkanes of at least 4 members (excludes halogenated alkanes) is 1. The molecule has 2 N–H and O–H groups in total. The Labute approximate surface area is 155 Å². The molecule has 6 heteroatoms. The van der Waals surface area contributed by atoms with Crippen molar-refractivity contribution in [2.45, 2.75) is 44.4 Å². The number of hydrogen-bond donors (Lipinski definition) is 2. The Hall–Kier alpha value is -2.34. The van der Waals surface area contributed by atoms with Gasteiger partial charge in [-0.3, -0.25) is 9.52 Å². The third-order valence-electron chi connectivity index (χ3n) is 4.21. The quantitative estimate of drug-likeness (QED) is 0.671. The van der Waals surface area contributed by atoms with Gasteiger partial charge >= 0.3 is 0 Å². The lowest BCUT2D eigenvalue weighted by molar-refractivity contribution is -0.120. The van der Waals surface area contributed by atoms with E-state index in [2.05, 4.69) is 17.0 Å². The summed E-state index contributed by atoms with van der Waals surface area (Å²) in [6.07, 6.45) is 3.72. The molecule has 0 spiro atoms. The Morgan fingerprint density at radius 2 is 1.69 bits per heavy atom. The van der Waals surface area contributed by atoms with Crippen molar-refractivity contribution >= 4 is 27.3 Å². The molecular formula is C20H26N2O3S. The normalized spacial score (nSPS) is 12.4. The number of carbonyl (C=O) groups excluding carboxylic acids is 1. The lowest BCUT2D eigenvalue weighted by Crippen LogP contribution is -2.22. The van der Waals surface area contributed by atoms with Crippen LogP contribution >= 0.6 is 0 Å². The Morgan fingerprint density at radius 3 is 2.35 bits per heavy atom. The van der Waals surface area contributed by atoms with Crippen LogP contribution in [0.1, 0.15) is 39.5 Å². The van der Waals surface area contributed by atoms with Crippen LogP contribution in [0.5, 0.6) is 0 Å². The van der Waals surface area contributed by atoms with E-state index in [0.717, 1.165) is 25.7 Å². The standard InChI is InChI=1S/C20H26N2O3S/c1-3-5-10-16(4-2)20(23)21-17-11-9-12-18(15-17)22-26(24,25)19-13-7-6-8-14-19/h6-9,11-16,22H,3-5,10H2,1-2H3,(H,21,23). The minimum Gasteiger partial charge on any atom is -0.326 e. The van der Waals surface area contributed by atoms with Gasteiger partial charge < -0.3 is 5.32 Å². The SMILES string of the molecule is CCCCC(CC)C(=O)Nc1cccc(NS(=O)(=O)c2ccccc2)c1. The Bertz CT molecular complexity index is 820. The first-order valence-electron chi connectivity index (χ1n) is 8.95. The summed E-state index contributed by atoms with van der Waals surface area (Å²) in [5.74, 6) is -0.0522. The minimum atomic E-state index is -3.65. The first-order chi connectivity index (χ1) is 12.5. The van der Waals surface area contributed by atoms with E-state index in [0.29, 0.717) is 11.4 Å². The topological polar surface area (TPSA) is 75.3 Å². The maximum atomic E-state index is 12.4. The number of hydrogen-bond acceptors (Lipinski definition) is 3. The van der Waals surface area contributed by atoms with Gasteiger partial charge in [0.15, 0.2) is 0 Å². The highest BCUT2D eigenvalue weighted by Crippen LogP contribution is 2.21. The van der Waals surface area contributed by atoms with Crippen molar-refractivity contribution in [3.8, 4) is 0 Å². The molecule has 0 heterocycles. The van der Waals surface area contributed by atoms with Gasteiger partial charge in [-0.2, -0.15) is 0 Å². The fourth-order valence-electron chi connectivity index (χ4n) is 2.69. The summed E-state index contributed by atoms with van der Waals surface area (Å²) in [5.41, 5.74) is 0.992. The molecule has 0 bridgehead atoms. The van der Waals surface area contributed by atoms with E-state index in [1.54, 1.807) is 42.5 Å². The van der Waals surface area contributed by atoms with Gasteiger partial charge in [0.2, 0.25) is 5.91 Å². The summed E-state index contributed by atoms with van der Waals surface area (Å²) < 4.78 is 27.4. The zero-order valence-electron chi connectivity index (χ0n) is 15.2. The van der Waals surface area contributed by atoms with Crippen LogP contribution in [0.25, 0.3) is 0 Å². The fraction of sp³-hybridized carbons (Fsp3) is 0.350. The summed E-state index contributed by atoms with van der Waals surface area (Å²) >= 11 is 0. The number of benzene rings is 2. The number of anilines is 2. The highest BCUT2D eigenvalue weighted by molar-refractivity contribution is 7.92. The molecule has 2 aromatic rings. The van der Waals surface area contributed by atoms with Crippen molar-refractivity contribution in [2.24, 2.45) is 5.92 Å². The van der Waals surface area contributed by atoms with Gasteiger partial charge in [0, 0.05) is 11.6 Å². The van der Waals surface area contributed by atoms with Crippen LogP contribution < -0.4 is 10.0 Å². The van der Waals surface area contributed by atoms with Crippen LogP contribution in [0.15, 0.2) is 59.5 Å². The molecule has 0 fully saturated rings. The maximum absolute atomic E-state index is 12.4.